The molecule has 6 aromatic rings. The van der Waals surface area contributed by atoms with Gasteiger partial charge in [-0.2, -0.15) is 0 Å². The Morgan fingerprint density at radius 2 is 1.78 bits per heavy atom. The van der Waals surface area contributed by atoms with Crippen molar-refractivity contribution >= 4 is 22.1 Å². The van der Waals surface area contributed by atoms with Crippen LogP contribution in [0.15, 0.2) is 96.4 Å². The van der Waals surface area contributed by atoms with Gasteiger partial charge in [-0.3, -0.25) is 0 Å². The molecule has 0 unspecified atom stereocenters. The Kier molecular flexibility index (Phi) is 6.08. The fraction of sp³-hybridized carbons (Fsp3) is 0.152. The van der Waals surface area contributed by atoms with Crippen LogP contribution in [0.5, 0.6) is 17.4 Å². The monoisotopic (exact) mass is 541 g/mol. The number of ether oxygens (including phenoxy) is 2. The Bertz CT molecular complexity index is 1930. The molecule has 8 heteroatoms. The fourth-order valence-electron chi connectivity index (χ4n) is 5.33. The smallest absolute Gasteiger partial charge is 0.228 e. The van der Waals surface area contributed by atoms with Crippen molar-refractivity contribution in [3.8, 4) is 17.4 Å². The van der Waals surface area contributed by atoms with Crippen molar-refractivity contribution in [3.63, 3.8) is 0 Å². The lowest BCUT2D eigenvalue weighted by Gasteiger charge is -2.28. The van der Waals surface area contributed by atoms with Crippen molar-refractivity contribution < 1.29 is 14.3 Å². The molecule has 0 amide bonds. The summed E-state index contributed by atoms with van der Waals surface area (Å²) in [6, 6.07) is 28.7. The quantitative estimate of drug-likeness (QED) is 0.170. The highest BCUT2D eigenvalue weighted by molar-refractivity contribution is 5.98. The molecular formula is C33H27N5O3. The maximum absolute atomic E-state index is 6.50. The van der Waals surface area contributed by atoms with E-state index < -0.39 is 0 Å². The second-order valence-electron chi connectivity index (χ2n) is 10.1. The minimum absolute atomic E-state index is 0.120. The maximum atomic E-state index is 6.50. The second kappa shape index (κ2) is 10.1. The lowest BCUT2D eigenvalue weighted by molar-refractivity contribution is 0.125. The first-order chi connectivity index (χ1) is 20.1. The van der Waals surface area contributed by atoms with Gasteiger partial charge in [0.1, 0.15) is 17.8 Å². The minimum atomic E-state index is -0.180. The predicted molar refractivity (Wildman–Crippen MR) is 157 cm³/mol. The molecule has 7 rings (SSSR count). The number of aromatic nitrogens is 4. The molecule has 202 valence electrons. The van der Waals surface area contributed by atoms with Gasteiger partial charge in [0.15, 0.2) is 18.1 Å². The number of methoxy groups -OCH3 is 1. The average Bonchev–Trinajstić information content (AvgIpc) is 3.43. The van der Waals surface area contributed by atoms with Gasteiger partial charge in [0, 0.05) is 16.9 Å². The van der Waals surface area contributed by atoms with Gasteiger partial charge in [-0.15, -0.1) is 5.10 Å². The number of oxime groups is 1. The summed E-state index contributed by atoms with van der Waals surface area (Å²) >= 11 is 0. The highest BCUT2D eigenvalue weighted by Crippen LogP contribution is 2.50. The van der Waals surface area contributed by atoms with Crippen molar-refractivity contribution in [1.82, 2.24) is 19.6 Å². The SMILES string of the molecule is COc1ccc([C@H]2c3ccc4ccccc4c3Oc3ncn4nc(CO/N=C(/C)c5ccc(C)cc5)nc4c32)cc1. The largest absolute Gasteiger partial charge is 0.497 e. The van der Waals surface area contributed by atoms with Crippen LogP contribution in [0.1, 0.15) is 46.5 Å². The molecule has 0 N–H and O–H groups in total. The van der Waals surface area contributed by atoms with Crippen molar-refractivity contribution in [1.29, 1.82) is 0 Å². The molecule has 41 heavy (non-hydrogen) atoms. The lowest BCUT2D eigenvalue weighted by Crippen LogP contribution is -2.15. The summed E-state index contributed by atoms with van der Waals surface area (Å²) in [5.41, 5.74) is 6.59. The number of fused-ring (bicyclic) bond motifs is 6. The third-order valence-corrected chi connectivity index (χ3v) is 7.45. The summed E-state index contributed by atoms with van der Waals surface area (Å²) in [6.07, 6.45) is 1.63. The summed E-state index contributed by atoms with van der Waals surface area (Å²) in [5, 5.41) is 11.1. The van der Waals surface area contributed by atoms with Crippen LogP contribution in [0, 0.1) is 6.92 Å². The summed E-state index contributed by atoms with van der Waals surface area (Å²) in [6.45, 7) is 4.09. The summed E-state index contributed by atoms with van der Waals surface area (Å²) < 4.78 is 13.6. The van der Waals surface area contributed by atoms with Crippen molar-refractivity contribution in [2.75, 3.05) is 7.11 Å². The van der Waals surface area contributed by atoms with Gasteiger partial charge in [-0.1, -0.05) is 83.5 Å². The first-order valence-electron chi connectivity index (χ1n) is 13.4. The molecule has 0 saturated heterocycles. The van der Waals surface area contributed by atoms with E-state index in [0.29, 0.717) is 17.4 Å². The van der Waals surface area contributed by atoms with Crippen molar-refractivity contribution in [2.24, 2.45) is 5.16 Å². The second-order valence-corrected chi connectivity index (χ2v) is 10.1. The zero-order valence-electron chi connectivity index (χ0n) is 22.9. The molecule has 1 aliphatic rings. The van der Waals surface area contributed by atoms with Crippen molar-refractivity contribution in [3.05, 3.63) is 125 Å². The Morgan fingerprint density at radius 1 is 0.976 bits per heavy atom. The molecule has 4 aromatic carbocycles. The molecule has 0 radical (unpaired) electrons. The average molecular weight is 542 g/mol. The van der Waals surface area contributed by atoms with E-state index in [1.807, 2.05) is 43.3 Å². The van der Waals surface area contributed by atoms with Crippen LogP contribution in [-0.4, -0.2) is 32.4 Å². The van der Waals surface area contributed by atoms with Crippen LogP contribution in [-0.2, 0) is 11.4 Å². The van der Waals surface area contributed by atoms with E-state index >= 15 is 0 Å². The highest BCUT2D eigenvalue weighted by Gasteiger charge is 2.34. The summed E-state index contributed by atoms with van der Waals surface area (Å²) in [7, 11) is 1.67. The third kappa shape index (κ3) is 4.43. The number of aryl methyl sites for hydroxylation is 1. The molecule has 0 aliphatic carbocycles. The third-order valence-electron chi connectivity index (χ3n) is 7.45. The predicted octanol–water partition coefficient (Wildman–Crippen LogP) is 6.82. The van der Waals surface area contributed by atoms with Crippen LogP contribution in [0.4, 0.5) is 0 Å². The number of rotatable bonds is 6. The van der Waals surface area contributed by atoms with E-state index in [4.69, 9.17) is 19.3 Å². The first-order valence-corrected chi connectivity index (χ1v) is 13.4. The van der Waals surface area contributed by atoms with Gasteiger partial charge in [0.05, 0.1) is 18.4 Å². The van der Waals surface area contributed by atoms with Gasteiger partial charge >= 0.3 is 0 Å². The van der Waals surface area contributed by atoms with Gasteiger partial charge in [0.25, 0.3) is 0 Å². The molecular weight excluding hydrogens is 514 g/mol. The zero-order valence-corrected chi connectivity index (χ0v) is 22.9. The Morgan fingerprint density at radius 3 is 2.59 bits per heavy atom. The van der Waals surface area contributed by atoms with E-state index in [-0.39, 0.29) is 12.5 Å². The molecule has 1 aliphatic heterocycles. The maximum Gasteiger partial charge on any atom is 0.228 e. The Balaban J connectivity index is 1.29. The number of hydrogen-bond donors (Lipinski definition) is 0. The molecule has 0 spiro atoms. The number of nitrogens with zero attached hydrogens (tertiary/aromatic N) is 5. The van der Waals surface area contributed by atoms with Crippen LogP contribution in [0.2, 0.25) is 0 Å². The lowest BCUT2D eigenvalue weighted by atomic mass is 9.83. The zero-order chi connectivity index (χ0) is 27.9. The van der Waals surface area contributed by atoms with Crippen molar-refractivity contribution in [2.45, 2.75) is 26.4 Å². The van der Waals surface area contributed by atoms with Crippen LogP contribution in [0.25, 0.3) is 16.4 Å². The molecule has 0 saturated carbocycles. The Hall–Kier alpha value is -5.24. The molecule has 2 aromatic heterocycles. The Labute approximate surface area is 236 Å². The van der Waals surface area contributed by atoms with Gasteiger partial charge in [0.2, 0.25) is 5.88 Å². The molecule has 0 fully saturated rings. The fourth-order valence-corrected chi connectivity index (χ4v) is 5.33. The highest BCUT2D eigenvalue weighted by atomic mass is 16.6. The van der Waals surface area contributed by atoms with E-state index in [0.717, 1.165) is 50.2 Å². The van der Waals surface area contributed by atoms with Gasteiger partial charge in [-0.25, -0.2) is 14.5 Å². The van der Waals surface area contributed by atoms with E-state index in [1.54, 1.807) is 18.0 Å². The normalized spacial score (nSPS) is 14.4. The minimum Gasteiger partial charge on any atom is -0.497 e. The van der Waals surface area contributed by atoms with Crippen LogP contribution >= 0.6 is 0 Å². The standard InChI is InChI=1S/C33H27N5O3/c1-20-8-10-22(11-9-20)21(2)37-40-18-28-35-32-30-29(24-12-15-25(39-3)16-13-24)27-17-14-23-6-4-5-7-26(23)31(27)41-33(30)34-19-38(32)36-28/h4-17,19,29H,18H2,1-3H3/b37-21-/t29-/m0/s1. The van der Waals surface area contributed by atoms with Gasteiger partial charge < -0.3 is 14.3 Å². The molecule has 0 bridgehead atoms. The molecule has 3 heterocycles. The van der Waals surface area contributed by atoms with E-state index in [1.165, 1.54) is 5.56 Å². The summed E-state index contributed by atoms with van der Waals surface area (Å²) in [4.78, 5) is 15.2. The molecule has 1 atom stereocenters. The topological polar surface area (TPSA) is 83.1 Å². The van der Waals surface area contributed by atoms with Crippen LogP contribution in [0.3, 0.4) is 0 Å². The molecule has 8 nitrogen and oxygen atoms in total. The van der Waals surface area contributed by atoms with E-state index in [2.05, 4.69) is 70.7 Å². The summed E-state index contributed by atoms with van der Waals surface area (Å²) in [5.74, 6) is 2.42. The first kappa shape index (κ1) is 24.8. The number of hydrogen-bond acceptors (Lipinski definition) is 7. The van der Waals surface area contributed by atoms with Crippen LogP contribution < -0.4 is 9.47 Å². The van der Waals surface area contributed by atoms with Gasteiger partial charge in [-0.05, 0) is 42.5 Å². The van der Waals surface area contributed by atoms with E-state index in [9.17, 15) is 0 Å². The number of benzene rings is 4.